The molecule has 1 rings (SSSR count). The van der Waals surface area contributed by atoms with Gasteiger partial charge >= 0.3 is 6.09 Å². The summed E-state index contributed by atoms with van der Waals surface area (Å²) in [6.45, 7) is 13.3. The van der Waals surface area contributed by atoms with E-state index in [1.165, 1.54) is 19.4 Å². The quantitative estimate of drug-likeness (QED) is 0.769. The van der Waals surface area contributed by atoms with Gasteiger partial charge in [-0.05, 0) is 59.5 Å². The molecular formula is C14H29N3O2. The largest absolute Gasteiger partial charge is 0.443 e. The fraction of sp³-hybridized carbons (Fsp3) is 0.929. The standard InChI is InChI=1S/C14H29N3O2/c1-6-17-9-7-8-12(10-17)11(2)15-16-13(18)19-14(3,4)5/h11-12,15H,6-10H2,1-5H3,(H,16,18). The number of carbonyl (C=O) groups excluding carboxylic acids is 1. The van der Waals surface area contributed by atoms with E-state index in [2.05, 4.69) is 29.6 Å². The smallest absolute Gasteiger partial charge is 0.422 e. The summed E-state index contributed by atoms with van der Waals surface area (Å²) in [5.74, 6) is 0.573. The van der Waals surface area contributed by atoms with Crippen LogP contribution in [0.2, 0.25) is 0 Å². The van der Waals surface area contributed by atoms with Crippen LogP contribution in [0.4, 0.5) is 4.79 Å². The molecule has 5 heteroatoms. The predicted octanol–water partition coefficient (Wildman–Crippen LogP) is 2.14. The first kappa shape index (κ1) is 16.2. The van der Waals surface area contributed by atoms with E-state index in [0.29, 0.717) is 5.92 Å². The molecule has 0 aliphatic carbocycles. The van der Waals surface area contributed by atoms with Gasteiger partial charge in [-0.25, -0.2) is 10.2 Å². The molecule has 112 valence electrons. The minimum absolute atomic E-state index is 0.252. The summed E-state index contributed by atoms with van der Waals surface area (Å²) in [6, 6.07) is 0.252. The van der Waals surface area contributed by atoms with Gasteiger partial charge in [0.25, 0.3) is 0 Å². The third-order valence-corrected chi connectivity index (χ3v) is 3.50. The maximum absolute atomic E-state index is 11.6. The molecule has 1 aliphatic heterocycles. The second-order valence-electron chi connectivity index (χ2n) is 6.36. The summed E-state index contributed by atoms with van der Waals surface area (Å²) in [7, 11) is 0. The Morgan fingerprint density at radius 2 is 2.16 bits per heavy atom. The molecule has 0 spiro atoms. The number of rotatable bonds is 4. The number of likely N-dealkylation sites (tertiary alicyclic amines) is 1. The minimum Gasteiger partial charge on any atom is -0.443 e. The fourth-order valence-corrected chi connectivity index (χ4v) is 2.38. The zero-order chi connectivity index (χ0) is 14.5. The molecule has 1 amide bonds. The van der Waals surface area contributed by atoms with Crippen LogP contribution in [0, 0.1) is 5.92 Å². The number of nitrogens with one attached hydrogen (secondary N) is 2. The van der Waals surface area contributed by atoms with Gasteiger partial charge in [-0.2, -0.15) is 0 Å². The van der Waals surface area contributed by atoms with Gasteiger partial charge in [-0.15, -0.1) is 0 Å². The van der Waals surface area contributed by atoms with Crippen LogP contribution < -0.4 is 10.9 Å². The van der Waals surface area contributed by atoms with Crippen LogP contribution in [0.25, 0.3) is 0 Å². The van der Waals surface area contributed by atoms with E-state index in [1.54, 1.807) is 0 Å². The number of hydrogen-bond acceptors (Lipinski definition) is 4. The summed E-state index contributed by atoms with van der Waals surface area (Å²) in [6.07, 6.45) is 2.03. The number of hydrazine groups is 1. The Kier molecular flexibility index (Phi) is 6.07. The van der Waals surface area contributed by atoms with Gasteiger partial charge in [0.15, 0.2) is 0 Å². The molecule has 0 aromatic rings. The lowest BCUT2D eigenvalue weighted by molar-refractivity contribution is 0.0471. The molecule has 2 atom stereocenters. The van der Waals surface area contributed by atoms with Crippen LogP contribution in [0.1, 0.15) is 47.5 Å². The Morgan fingerprint density at radius 1 is 1.47 bits per heavy atom. The summed E-state index contributed by atoms with van der Waals surface area (Å²) in [5.41, 5.74) is 5.25. The second-order valence-corrected chi connectivity index (χ2v) is 6.36. The highest BCUT2D eigenvalue weighted by Crippen LogP contribution is 2.19. The Bertz CT molecular complexity index is 289. The van der Waals surface area contributed by atoms with Crippen molar-refractivity contribution in [2.24, 2.45) is 5.92 Å². The molecule has 2 unspecified atom stereocenters. The Labute approximate surface area is 117 Å². The number of hydrogen-bond donors (Lipinski definition) is 2. The molecule has 0 radical (unpaired) electrons. The average Bonchev–Trinajstić information content (AvgIpc) is 2.34. The van der Waals surface area contributed by atoms with Crippen molar-refractivity contribution in [2.45, 2.75) is 59.1 Å². The maximum Gasteiger partial charge on any atom is 0.422 e. The molecule has 1 heterocycles. The third kappa shape index (κ3) is 6.25. The first-order valence-corrected chi connectivity index (χ1v) is 7.28. The van der Waals surface area contributed by atoms with E-state index in [4.69, 9.17) is 4.74 Å². The summed E-state index contributed by atoms with van der Waals surface area (Å²) in [4.78, 5) is 14.0. The van der Waals surface area contributed by atoms with Crippen molar-refractivity contribution in [3.63, 3.8) is 0 Å². The van der Waals surface area contributed by atoms with Gasteiger partial charge in [-0.1, -0.05) is 6.92 Å². The minimum atomic E-state index is -0.459. The van der Waals surface area contributed by atoms with E-state index in [-0.39, 0.29) is 6.04 Å². The molecule has 5 nitrogen and oxygen atoms in total. The zero-order valence-corrected chi connectivity index (χ0v) is 13.0. The lowest BCUT2D eigenvalue weighted by Crippen LogP contribution is -2.51. The predicted molar refractivity (Wildman–Crippen MR) is 76.8 cm³/mol. The molecule has 0 saturated carbocycles. The summed E-state index contributed by atoms with van der Waals surface area (Å²) in [5, 5.41) is 0. The van der Waals surface area contributed by atoms with E-state index >= 15 is 0 Å². The first-order chi connectivity index (χ1) is 8.81. The Balaban J connectivity index is 2.30. The van der Waals surface area contributed by atoms with Crippen molar-refractivity contribution < 1.29 is 9.53 Å². The second kappa shape index (κ2) is 7.10. The van der Waals surface area contributed by atoms with Crippen LogP contribution in [0.3, 0.4) is 0 Å². The van der Waals surface area contributed by atoms with Crippen LogP contribution in [-0.2, 0) is 4.74 Å². The maximum atomic E-state index is 11.6. The average molecular weight is 271 g/mol. The van der Waals surface area contributed by atoms with Gasteiger partial charge in [0.2, 0.25) is 0 Å². The highest BCUT2D eigenvalue weighted by Gasteiger charge is 2.24. The van der Waals surface area contributed by atoms with E-state index in [1.807, 2.05) is 20.8 Å². The number of nitrogens with zero attached hydrogens (tertiary/aromatic N) is 1. The van der Waals surface area contributed by atoms with Crippen molar-refractivity contribution in [3.05, 3.63) is 0 Å². The van der Waals surface area contributed by atoms with E-state index in [9.17, 15) is 4.79 Å². The van der Waals surface area contributed by atoms with Crippen molar-refractivity contribution in [2.75, 3.05) is 19.6 Å². The van der Waals surface area contributed by atoms with Crippen molar-refractivity contribution in [1.82, 2.24) is 15.8 Å². The molecule has 1 aliphatic rings. The number of ether oxygens (including phenoxy) is 1. The lowest BCUT2D eigenvalue weighted by Gasteiger charge is -2.35. The molecule has 0 aromatic carbocycles. The van der Waals surface area contributed by atoms with Gasteiger partial charge in [-0.3, -0.25) is 5.43 Å². The highest BCUT2D eigenvalue weighted by atomic mass is 16.6. The SMILES string of the molecule is CCN1CCCC(C(C)NNC(=O)OC(C)(C)C)C1. The summed E-state index contributed by atoms with van der Waals surface area (Å²) >= 11 is 0. The van der Waals surface area contributed by atoms with Gasteiger partial charge in [0, 0.05) is 12.6 Å². The van der Waals surface area contributed by atoms with Crippen LogP contribution in [0.15, 0.2) is 0 Å². The number of amides is 1. The van der Waals surface area contributed by atoms with Crippen LogP contribution >= 0.6 is 0 Å². The van der Waals surface area contributed by atoms with Crippen LogP contribution in [0.5, 0.6) is 0 Å². The zero-order valence-electron chi connectivity index (χ0n) is 13.0. The van der Waals surface area contributed by atoms with Crippen molar-refractivity contribution in [3.8, 4) is 0 Å². The molecule has 2 N–H and O–H groups in total. The normalized spacial score (nSPS) is 22.9. The lowest BCUT2D eigenvalue weighted by atomic mass is 9.92. The number of carbonyl (C=O) groups is 1. The summed E-state index contributed by atoms with van der Waals surface area (Å²) < 4.78 is 5.19. The Hall–Kier alpha value is -0.810. The highest BCUT2D eigenvalue weighted by molar-refractivity contribution is 5.67. The first-order valence-electron chi connectivity index (χ1n) is 7.28. The molecule has 1 saturated heterocycles. The Morgan fingerprint density at radius 3 is 2.74 bits per heavy atom. The van der Waals surface area contributed by atoms with E-state index < -0.39 is 11.7 Å². The topological polar surface area (TPSA) is 53.6 Å². The monoisotopic (exact) mass is 271 g/mol. The van der Waals surface area contributed by atoms with Gasteiger partial charge in [0.05, 0.1) is 0 Å². The van der Waals surface area contributed by atoms with Crippen molar-refractivity contribution in [1.29, 1.82) is 0 Å². The van der Waals surface area contributed by atoms with Crippen LogP contribution in [-0.4, -0.2) is 42.3 Å². The molecule has 0 aromatic heterocycles. The van der Waals surface area contributed by atoms with Crippen molar-refractivity contribution >= 4 is 6.09 Å². The molecule has 0 bridgehead atoms. The van der Waals surface area contributed by atoms with Gasteiger partial charge in [0.1, 0.15) is 5.60 Å². The molecule has 19 heavy (non-hydrogen) atoms. The molecule has 1 fully saturated rings. The number of piperidine rings is 1. The fourth-order valence-electron chi connectivity index (χ4n) is 2.38. The molecular weight excluding hydrogens is 242 g/mol. The third-order valence-electron chi connectivity index (χ3n) is 3.50. The van der Waals surface area contributed by atoms with Gasteiger partial charge < -0.3 is 9.64 Å². The van der Waals surface area contributed by atoms with E-state index in [0.717, 1.165) is 13.1 Å².